The minimum absolute atomic E-state index is 0.0268. The Bertz CT molecular complexity index is 1080. The van der Waals surface area contributed by atoms with Crippen LogP contribution in [-0.2, 0) is 16.1 Å². The molecule has 2 fully saturated rings. The van der Waals surface area contributed by atoms with E-state index in [1.54, 1.807) is 23.1 Å². The van der Waals surface area contributed by atoms with E-state index in [9.17, 15) is 14.4 Å². The maximum absolute atomic E-state index is 13.1. The van der Waals surface area contributed by atoms with E-state index >= 15 is 0 Å². The quantitative estimate of drug-likeness (QED) is 0.658. The fourth-order valence-electron chi connectivity index (χ4n) is 4.81. The number of hydrogen-bond donors (Lipinski definition) is 2. The van der Waals surface area contributed by atoms with E-state index in [1.807, 2.05) is 13.0 Å². The van der Waals surface area contributed by atoms with Gasteiger partial charge in [0.2, 0.25) is 11.8 Å². The van der Waals surface area contributed by atoms with Gasteiger partial charge in [-0.15, -0.1) is 0 Å². The molecule has 0 bridgehead atoms. The van der Waals surface area contributed by atoms with Gasteiger partial charge in [-0.25, -0.2) is 4.98 Å². The van der Waals surface area contributed by atoms with Gasteiger partial charge in [0.05, 0.1) is 0 Å². The number of carbonyl (C=O) groups is 3. The number of pyridine rings is 1. The highest BCUT2D eigenvalue weighted by Gasteiger charge is 2.41. The summed E-state index contributed by atoms with van der Waals surface area (Å²) in [4.78, 5) is 46.0. The second-order valence-corrected chi connectivity index (χ2v) is 9.33. The summed E-state index contributed by atoms with van der Waals surface area (Å²) >= 11 is 6.14. The standard InChI is InChI=1S/C25H30ClN5O3/c1-16-14-17(6-7-19(16)26)15-30-12-10-18(11-13-30)31-21(8-9-23(31)32)25(34)29-22-5-3-4-20(28-22)24(33)27-2/h3-7,14,18,21H,8-13,15H2,1-2H3,(H,27,33)(H,28,29,34). The molecule has 2 aliphatic heterocycles. The van der Waals surface area contributed by atoms with Crippen LogP contribution in [0, 0.1) is 6.92 Å². The molecule has 1 aromatic heterocycles. The number of hydrogen-bond acceptors (Lipinski definition) is 5. The van der Waals surface area contributed by atoms with E-state index in [1.165, 1.54) is 12.6 Å². The van der Waals surface area contributed by atoms with Crippen LogP contribution in [0.3, 0.4) is 0 Å². The first kappa shape index (κ1) is 24.2. The summed E-state index contributed by atoms with van der Waals surface area (Å²) in [5.41, 5.74) is 2.52. The Morgan fingerprint density at radius 1 is 1.15 bits per heavy atom. The van der Waals surface area contributed by atoms with Crippen LogP contribution >= 0.6 is 11.6 Å². The summed E-state index contributed by atoms with van der Waals surface area (Å²) in [5.74, 6) is -0.252. The number of halogens is 1. The SMILES string of the molecule is CNC(=O)c1cccc(NC(=O)C2CCC(=O)N2C2CCN(Cc3ccc(Cl)c(C)c3)CC2)n1. The molecular weight excluding hydrogens is 454 g/mol. The summed E-state index contributed by atoms with van der Waals surface area (Å²) in [6.07, 6.45) is 2.51. The first-order valence-corrected chi connectivity index (χ1v) is 12.0. The predicted molar refractivity (Wildman–Crippen MR) is 131 cm³/mol. The largest absolute Gasteiger partial charge is 0.354 e. The number of piperidine rings is 1. The summed E-state index contributed by atoms with van der Waals surface area (Å²) in [6, 6.07) is 10.5. The van der Waals surface area contributed by atoms with Crippen molar-refractivity contribution in [2.45, 2.75) is 51.2 Å². The molecule has 2 saturated heterocycles. The van der Waals surface area contributed by atoms with E-state index in [-0.39, 0.29) is 29.5 Å². The Hall–Kier alpha value is -2.97. The summed E-state index contributed by atoms with van der Waals surface area (Å²) in [7, 11) is 1.53. The first-order chi connectivity index (χ1) is 16.4. The average molecular weight is 484 g/mol. The summed E-state index contributed by atoms with van der Waals surface area (Å²) < 4.78 is 0. The van der Waals surface area contributed by atoms with Crippen LogP contribution in [0.25, 0.3) is 0 Å². The molecule has 0 aliphatic carbocycles. The number of nitrogens with one attached hydrogen (secondary N) is 2. The molecule has 0 spiro atoms. The number of carbonyl (C=O) groups excluding carboxylic acids is 3. The van der Waals surface area contributed by atoms with Gasteiger partial charge in [-0.1, -0.05) is 29.8 Å². The highest BCUT2D eigenvalue weighted by atomic mass is 35.5. The van der Waals surface area contributed by atoms with Crippen molar-refractivity contribution in [3.63, 3.8) is 0 Å². The second-order valence-electron chi connectivity index (χ2n) is 8.92. The number of anilines is 1. The van der Waals surface area contributed by atoms with Crippen LogP contribution in [0.1, 0.15) is 47.3 Å². The van der Waals surface area contributed by atoms with Crippen molar-refractivity contribution in [2.24, 2.45) is 0 Å². The highest BCUT2D eigenvalue weighted by Crippen LogP contribution is 2.29. The van der Waals surface area contributed by atoms with Crippen LogP contribution in [0.4, 0.5) is 5.82 Å². The van der Waals surface area contributed by atoms with Crippen molar-refractivity contribution in [2.75, 3.05) is 25.5 Å². The minimum Gasteiger partial charge on any atom is -0.354 e. The van der Waals surface area contributed by atoms with Gasteiger partial charge in [0, 0.05) is 44.2 Å². The summed E-state index contributed by atoms with van der Waals surface area (Å²) in [5, 5.41) is 6.09. The van der Waals surface area contributed by atoms with Gasteiger partial charge < -0.3 is 15.5 Å². The van der Waals surface area contributed by atoms with Crippen molar-refractivity contribution in [1.82, 2.24) is 20.1 Å². The Balaban J connectivity index is 1.37. The Morgan fingerprint density at radius 2 is 1.91 bits per heavy atom. The number of rotatable bonds is 6. The molecule has 3 heterocycles. The van der Waals surface area contributed by atoms with Crippen LogP contribution in [0.2, 0.25) is 5.02 Å². The Morgan fingerprint density at radius 3 is 2.62 bits per heavy atom. The van der Waals surface area contributed by atoms with Crippen molar-refractivity contribution in [3.05, 3.63) is 58.2 Å². The number of aromatic nitrogens is 1. The number of nitrogens with zero attached hydrogens (tertiary/aromatic N) is 3. The lowest BCUT2D eigenvalue weighted by atomic mass is 10.0. The zero-order valence-electron chi connectivity index (χ0n) is 19.5. The monoisotopic (exact) mass is 483 g/mol. The van der Waals surface area contributed by atoms with Crippen molar-refractivity contribution < 1.29 is 14.4 Å². The number of benzene rings is 1. The van der Waals surface area contributed by atoms with Gasteiger partial charge in [0.15, 0.2) is 0 Å². The van der Waals surface area contributed by atoms with Crippen LogP contribution in [0.15, 0.2) is 36.4 Å². The second kappa shape index (κ2) is 10.5. The normalized spacial score (nSPS) is 19.3. The van der Waals surface area contributed by atoms with Gasteiger partial charge in [0.1, 0.15) is 17.6 Å². The molecule has 0 radical (unpaired) electrons. The maximum Gasteiger partial charge on any atom is 0.269 e. The van der Waals surface area contributed by atoms with Gasteiger partial charge in [-0.3, -0.25) is 19.3 Å². The smallest absolute Gasteiger partial charge is 0.269 e. The van der Waals surface area contributed by atoms with Gasteiger partial charge in [-0.2, -0.15) is 0 Å². The zero-order valence-corrected chi connectivity index (χ0v) is 20.3. The topological polar surface area (TPSA) is 94.6 Å². The third-order valence-corrected chi connectivity index (χ3v) is 7.02. The van der Waals surface area contributed by atoms with Crippen molar-refractivity contribution in [3.8, 4) is 0 Å². The molecule has 3 amide bonds. The van der Waals surface area contributed by atoms with Crippen LogP contribution in [-0.4, -0.2) is 64.7 Å². The number of amides is 3. The molecule has 2 aromatic rings. The molecule has 0 saturated carbocycles. The lowest BCUT2D eigenvalue weighted by Gasteiger charge is -2.39. The minimum atomic E-state index is -0.520. The zero-order chi connectivity index (χ0) is 24.2. The van der Waals surface area contributed by atoms with E-state index in [4.69, 9.17) is 11.6 Å². The number of aryl methyl sites for hydroxylation is 1. The highest BCUT2D eigenvalue weighted by molar-refractivity contribution is 6.31. The first-order valence-electron chi connectivity index (χ1n) is 11.6. The lowest BCUT2D eigenvalue weighted by Crippen LogP contribution is -2.51. The molecule has 1 aromatic carbocycles. The molecule has 1 atom stereocenters. The molecule has 180 valence electrons. The van der Waals surface area contributed by atoms with Crippen LogP contribution in [0.5, 0.6) is 0 Å². The molecule has 34 heavy (non-hydrogen) atoms. The molecule has 2 aliphatic rings. The third-order valence-electron chi connectivity index (χ3n) is 6.60. The van der Waals surface area contributed by atoms with Gasteiger partial charge in [-0.05, 0) is 55.5 Å². The van der Waals surface area contributed by atoms with Crippen molar-refractivity contribution >= 4 is 35.1 Å². The van der Waals surface area contributed by atoms with Gasteiger partial charge >= 0.3 is 0 Å². The third kappa shape index (κ3) is 5.39. The van der Waals surface area contributed by atoms with E-state index in [0.717, 1.165) is 43.1 Å². The fraction of sp³-hybridized carbons (Fsp3) is 0.440. The predicted octanol–water partition coefficient (Wildman–Crippen LogP) is 3.00. The molecule has 9 heteroatoms. The fourth-order valence-corrected chi connectivity index (χ4v) is 4.92. The Kier molecular flexibility index (Phi) is 7.48. The Labute approximate surface area is 204 Å². The van der Waals surface area contributed by atoms with Gasteiger partial charge in [0.25, 0.3) is 5.91 Å². The molecule has 4 rings (SSSR count). The molecule has 1 unspecified atom stereocenters. The summed E-state index contributed by atoms with van der Waals surface area (Å²) in [6.45, 7) is 4.57. The van der Waals surface area contributed by atoms with E-state index in [2.05, 4.69) is 32.7 Å². The lowest BCUT2D eigenvalue weighted by molar-refractivity contribution is -0.136. The number of likely N-dealkylation sites (tertiary alicyclic amines) is 2. The molecule has 2 N–H and O–H groups in total. The molecule has 8 nitrogen and oxygen atoms in total. The molecular formula is C25H30ClN5O3. The van der Waals surface area contributed by atoms with E-state index in [0.29, 0.717) is 18.7 Å². The maximum atomic E-state index is 13.1. The van der Waals surface area contributed by atoms with Crippen molar-refractivity contribution in [1.29, 1.82) is 0 Å². The average Bonchev–Trinajstić information content (AvgIpc) is 3.23. The van der Waals surface area contributed by atoms with E-state index < -0.39 is 6.04 Å². The van der Waals surface area contributed by atoms with Crippen LogP contribution < -0.4 is 10.6 Å².